The van der Waals surface area contributed by atoms with Crippen molar-refractivity contribution in [3.05, 3.63) is 40.4 Å². The SMILES string of the molecule is C=Nc1nc(C(=N)NC(=O)O)nc(N[C@H](C)C2CCC2)c1N(Cc1ccc(Cl)c(F)c1)CN1CCOCC1. The Labute approximate surface area is 225 Å². The molecule has 2 aliphatic rings. The van der Waals surface area contributed by atoms with Crippen LogP contribution in [0.5, 0.6) is 0 Å². The van der Waals surface area contributed by atoms with Gasteiger partial charge in [0.15, 0.2) is 23.3 Å². The first-order valence-corrected chi connectivity index (χ1v) is 12.9. The Morgan fingerprint density at radius 1 is 1.39 bits per heavy atom. The number of rotatable bonds is 10. The zero-order valence-corrected chi connectivity index (χ0v) is 22.0. The normalized spacial score (nSPS) is 16.8. The first kappa shape index (κ1) is 27.7. The fraction of sp³-hybridized carbons (Fsp3) is 0.480. The summed E-state index contributed by atoms with van der Waals surface area (Å²) in [7, 11) is 0. The first-order valence-electron chi connectivity index (χ1n) is 12.5. The maximum Gasteiger partial charge on any atom is 0.410 e. The highest BCUT2D eigenvalue weighted by Crippen LogP contribution is 2.38. The van der Waals surface area contributed by atoms with E-state index in [1.54, 1.807) is 6.07 Å². The maximum atomic E-state index is 14.3. The van der Waals surface area contributed by atoms with E-state index in [1.807, 2.05) is 10.2 Å². The summed E-state index contributed by atoms with van der Waals surface area (Å²) in [5, 5.41) is 22.8. The van der Waals surface area contributed by atoms with E-state index < -0.39 is 17.7 Å². The van der Waals surface area contributed by atoms with Crippen molar-refractivity contribution in [2.75, 3.05) is 43.2 Å². The zero-order chi connectivity index (χ0) is 27.2. The fourth-order valence-electron chi connectivity index (χ4n) is 4.54. The molecule has 13 heteroatoms. The number of anilines is 2. The van der Waals surface area contributed by atoms with Crippen LogP contribution < -0.4 is 15.5 Å². The third-order valence-corrected chi connectivity index (χ3v) is 7.15. The summed E-state index contributed by atoms with van der Waals surface area (Å²) in [6, 6.07) is 4.72. The molecule has 0 spiro atoms. The van der Waals surface area contributed by atoms with E-state index >= 15 is 0 Å². The van der Waals surface area contributed by atoms with Crippen LogP contribution in [0.25, 0.3) is 0 Å². The topological polar surface area (TPSA) is 139 Å². The number of nitrogens with zero attached hydrogens (tertiary/aromatic N) is 5. The Balaban J connectivity index is 1.78. The summed E-state index contributed by atoms with van der Waals surface area (Å²) in [4.78, 5) is 28.4. The Hall–Kier alpha value is -3.35. The molecule has 11 nitrogen and oxygen atoms in total. The summed E-state index contributed by atoms with van der Waals surface area (Å²) in [5.41, 5.74) is 1.21. The number of carboxylic acid groups (broad SMARTS) is 1. The Kier molecular flexibility index (Phi) is 9.08. The van der Waals surface area contributed by atoms with Gasteiger partial charge in [0.2, 0.25) is 0 Å². The predicted molar refractivity (Wildman–Crippen MR) is 145 cm³/mol. The van der Waals surface area contributed by atoms with E-state index in [0.717, 1.165) is 19.3 Å². The third kappa shape index (κ3) is 6.74. The van der Waals surface area contributed by atoms with Crippen LogP contribution in [-0.4, -0.2) is 77.6 Å². The van der Waals surface area contributed by atoms with E-state index in [-0.39, 0.29) is 29.3 Å². The second kappa shape index (κ2) is 12.5. The van der Waals surface area contributed by atoms with Crippen LogP contribution in [0.1, 0.15) is 37.6 Å². The van der Waals surface area contributed by atoms with Gasteiger partial charge >= 0.3 is 6.09 Å². The van der Waals surface area contributed by atoms with Gasteiger partial charge in [0.1, 0.15) is 11.5 Å². The summed E-state index contributed by atoms with van der Waals surface area (Å²) < 4.78 is 19.9. The fourth-order valence-corrected chi connectivity index (χ4v) is 4.65. The molecule has 1 atom stereocenters. The lowest BCUT2D eigenvalue weighted by Gasteiger charge is -2.37. The molecule has 1 amide bonds. The summed E-state index contributed by atoms with van der Waals surface area (Å²) in [6.07, 6.45) is 1.95. The van der Waals surface area contributed by atoms with E-state index in [0.29, 0.717) is 56.0 Å². The highest BCUT2D eigenvalue weighted by atomic mass is 35.5. The number of halogens is 2. The smallest absolute Gasteiger partial charge is 0.410 e. The van der Waals surface area contributed by atoms with Gasteiger partial charge in [-0.15, -0.1) is 0 Å². The highest BCUT2D eigenvalue weighted by Gasteiger charge is 2.29. The van der Waals surface area contributed by atoms with Gasteiger partial charge in [-0.2, -0.15) is 0 Å². The highest BCUT2D eigenvalue weighted by molar-refractivity contribution is 6.30. The summed E-state index contributed by atoms with van der Waals surface area (Å²) >= 11 is 5.92. The van der Waals surface area contributed by atoms with Gasteiger partial charge in [-0.1, -0.05) is 24.1 Å². The van der Waals surface area contributed by atoms with Crippen LogP contribution >= 0.6 is 11.6 Å². The Bertz CT molecular complexity index is 1190. The number of carbonyl (C=O) groups is 1. The van der Waals surface area contributed by atoms with Crippen LogP contribution in [-0.2, 0) is 11.3 Å². The van der Waals surface area contributed by atoms with Gasteiger partial charge in [0, 0.05) is 25.7 Å². The van der Waals surface area contributed by atoms with Crippen LogP contribution in [0, 0.1) is 17.1 Å². The summed E-state index contributed by atoms with van der Waals surface area (Å²) in [6.45, 7) is 9.07. The molecule has 2 fully saturated rings. The van der Waals surface area contributed by atoms with Crippen molar-refractivity contribution >= 4 is 47.6 Å². The van der Waals surface area contributed by atoms with Gasteiger partial charge in [0.25, 0.3) is 0 Å². The van der Waals surface area contributed by atoms with Gasteiger partial charge in [0.05, 0.1) is 24.9 Å². The van der Waals surface area contributed by atoms with E-state index in [9.17, 15) is 9.18 Å². The second-order valence-electron chi connectivity index (χ2n) is 9.47. The second-order valence-corrected chi connectivity index (χ2v) is 9.88. The van der Waals surface area contributed by atoms with Crippen molar-refractivity contribution in [1.82, 2.24) is 20.2 Å². The minimum absolute atomic E-state index is 0.0377. The van der Waals surface area contributed by atoms with Crippen molar-refractivity contribution in [2.45, 2.75) is 38.8 Å². The lowest BCUT2D eigenvalue weighted by Crippen LogP contribution is -2.44. The number of hydrogen-bond donors (Lipinski definition) is 4. The molecule has 0 radical (unpaired) electrons. The van der Waals surface area contributed by atoms with Crippen molar-refractivity contribution in [2.24, 2.45) is 10.9 Å². The number of amides is 1. The van der Waals surface area contributed by atoms with Crippen LogP contribution in [0.3, 0.4) is 0 Å². The minimum atomic E-state index is -1.40. The monoisotopic (exact) mass is 546 g/mol. The lowest BCUT2D eigenvalue weighted by molar-refractivity contribution is 0.0378. The molecule has 2 heterocycles. The van der Waals surface area contributed by atoms with Crippen LogP contribution in [0.4, 0.5) is 26.5 Å². The number of hydrogen-bond acceptors (Lipinski definition) is 9. The number of aromatic nitrogens is 2. The van der Waals surface area contributed by atoms with Gasteiger partial charge < -0.3 is 20.1 Å². The van der Waals surface area contributed by atoms with Crippen molar-refractivity contribution in [3.8, 4) is 0 Å². The van der Waals surface area contributed by atoms with Crippen molar-refractivity contribution < 1.29 is 19.0 Å². The minimum Gasteiger partial charge on any atom is -0.465 e. The molecule has 1 saturated carbocycles. The molecule has 204 valence electrons. The van der Waals surface area contributed by atoms with E-state index in [2.05, 4.69) is 38.8 Å². The molecular weight excluding hydrogens is 515 g/mol. The molecular formula is C25H32ClFN8O3. The number of ether oxygens (including phenoxy) is 1. The lowest BCUT2D eigenvalue weighted by atomic mass is 9.80. The molecule has 38 heavy (non-hydrogen) atoms. The Morgan fingerprint density at radius 2 is 2.13 bits per heavy atom. The average molecular weight is 547 g/mol. The third-order valence-electron chi connectivity index (χ3n) is 6.84. The number of nitrogens with one attached hydrogen (secondary N) is 3. The van der Waals surface area contributed by atoms with E-state index in [1.165, 1.54) is 12.1 Å². The molecule has 1 aromatic heterocycles. The summed E-state index contributed by atoms with van der Waals surface area (Å²) in [5.74, 6) is -0.0988. The number of morpholine rings is 1. The molecule has 1 saturated heterocycles. The predicted octanol–water partition coefficient (Wildman–Crippen LogP) is 4.09. The van der Waals surface area contributed by atoms with Crippen molar-refractivity contribution in [1.29, 1.82) is 5.41 Å². The largest absolute Gasteiger partial charge is 0.465 e. The molecule has 4 rings (SSSR count). The molecule has 0 unspecified atom stereocenters. The molecule has 2 aromatic rings. The zero-order valence-electron chi connectivity index (χ0n) is 21.2. The van der Waals surface area contributed by atoms with Gasteiger partial charge in [-0.3, -0.25) is 15.6 Å². The van der Waals surface area contributed by atoms with Crippen molar-refractivity contribution in [3.63, 3.8) is 0 Å². The van der Waals surface area contributed by atoms with Gasteiger partial charge in [-0.25, -0.2) is 24.1 Å². The van der Waals surface area contributed by atoms with Crippen LogP contribution in [0.2, 0.25) is 5.02 Å². The number of benzene rings is 1. The number of aliphatic imine (C=N–C) groups is 1. The Morgan fingerprint density at radius 3 is 2.74 bits per heavy atom. The average Bonchev–Trinajstić information content (AvgIpc) is 2.84. The van der Waals surface area contributed by atoms with E-state index in [4.69, 9.17) is 26.9 Å². The quantitative estimate of drug-likeness (QED) is 0.258. The maximum absolute atomic E-state index is 14.3. The molecule has 4 N–H and O–H groups in total. The molecule has 1 aliphatic carbocycles. The van der Waals surface area contributed by atoms with Gasteiger partial charge in [-0.05, 0) is 50.1 Å². The first-order chi connectivity index (χ1) is 18.2. The molecule has 1 aromatic carbocycles. The standard InChI is InChI=1S/C25H32ClFN8O3/c1-15(17-4-3-5-17)30-23-20(22(29-2)32-24(33-23)21(28)31-25(36)37)35(14-34-8-10-38-11-9-34)13-16-6-7-18(26)19(27)12-16/h6-7,12,15,17H,2-5,8-11,13-14H2,1H3,(H2,28,31)(H,36,37)(H,30,32,33)/t15-/m1/s1. The van der Waals surface area contributed by atoms with Crippen LogP contribution in [0.15, 0.2) is 23.2 Å². The molecule has 0 bridgehead atoms. The number of amidine groups is 1. The molecule has 1 aliphatic heterocycles.